The van der Waals surface area contributed by atoms with Crippen molar-refractivity contribution in [2.24, 2.45) is 5.73 Å². The fourth-order valence-corrected chi connectivity index (χ4v) is 5.16. The first-order chi connectivity index (χ1) is 23.6. The minimum absolute atomic E-state index is 0.0454. The van der Waals surface area contributed by atoms with Gasteiger partial charge in [-0.2, -0.15) is 0 Å². The van der Waals surface area contributed by atoms with Crippen LogP contribution in [0.5, 0.6) is 0 Å². The number of anilines is 1. The van der Waals surface area contributed by atoms with Crippen LogP contribution < -0.4 is 16.4 Å². The predicted octanol–water partition coefficient (Wildman–Crippen LogP) is 5.65. The van der Waals surface area contributed by atoms with Gasteiger partial charge in [0.05, 0.1) is 31.1 Å². The number of carbonyl (C=O) groups is 2. The zero-order valence-corrected chi connectivity index (χ0v) is 29.6. The molecule has 1 saturated heterocycles. The number of piperazine rings is 1. The van der Waals surface area contributed by atoms with E-state index in [4.69, 9.17) is 10.5 Å². The molecular weight excluding hydrogens is 614 g/mol. The normalized spacial score (nSPS) is 14.6. The Bertz CT molecular complexity index is 1550. The summed E-state index contributed by atoms with van der Waals surface area (Å²) in [6, 6.07) is 18.5. The molecule has 1 aliphatic heterocycles. The number of imidazole rings is 1. The number of nitrogens with zero attached hydrogens (tertiary/aromatic N) is 4. The molecule has 10 nitrogen and oxygen atoms in total. The molecule has 0 spiro atoms. The number of ether oxygens (including phenoxy) is 1. The zero-order chi connectivity index (χ0) is 35.8. The summed E-state index contributed by atoms with van der Waals surface area (Å²) in [7, 11) is 0. The lowest BCUT2D eigenvalue weighted by Crippen LogP contribution is -2.56. The molecule has 10 heteroatoms. The monoisotopic (exact) mass is 667 g/mol. The van der Waals surface area contributed by atoms with E-state index in [1.54, 1.807) is 26.4 Å². The van der Waals surface area contributed by atoms with E-state index in [1.165, 1.54) is 0 Å². The molecule has 3 aromatic rings. The Morgan fingerprint density at radius 3 is 2.20 bits per heavy atom. The second-order valence-electron chi connectivity index (χ2n) is 12.1. The second kappa shape index (κ2) is 19.2. The van der Waals surface area contributed by atoms with Crippen LogP contribution in [0.1, 0.15) is 51.8 Å². The number of benzene rings is 2. The molecule has 1 aliphatic rings. The van der Waals surface area contributed by atoms with Crippen molar-refractivity contribution in [1.29, 1.82) is 0 Å². The summed E-state index contributed by atoms with van der Waals surface area (Å²) in [5.41, 5.74) is 8.73. The minimum atomic E-state index is -1.18. The molecule has 4 N–H and O–H groups in total. The SMILES string of the molecule is C=C(/C=C\C=C/C)N1CCN(C(=C)C(c2ccccc2)n2cnc(NC(=O)C(COCc3ccccc3)NC(=O)C(C)(C)N)c2)CC1.CC. The standard InChI is InChI=1S/C37H47N7O3.C2H6/c1-6-7-10-15-28(2)42-20-22-43(23-21-42)29(3)34(31-18-13-9-14-19-31)44-24-33(39-27-44)41-35(45)32(40-36(46)37(4,5)38)26-47-25-30-16-11-8-12-17-30;1-2/h6-19,24,27,32,34H,2-3,20-23,25-26,38H2,1,4-5H3,(H,40,46)(H,41,45);1-2H3/b7-6-,15-10-;. The Morgan fingerprint density at radius 2 is 1.59 bits per heavy atom. The van der Waals surface area contributed by atoms with Crippen molar-refractivity contribution in [3.63, 3.8) is 0 Å². The molecule has 0 radical (unpaired) electrons. The molecule has 49 heavy (non-hydrogen) atoms. The summed E-state index contributed by atoms with van der Waals surface area (Å²) >= 11 is 0. The fourth-order valence-electron chi connectivity index (χ4n) is 5.16. The average Bonchev–Trinajstić information content (AvgIpc) is 3.56. The molecule has 2 amide bonds. The van der Waals surface area contributed by atoms with Gasteiger partial charge in [-0.25, -0.2) is 4.98 Å². The topological polar surface area (TPSA) is 118 Å². The van der Waals surface area contributed by atoms with Gasteiger partial charge in [0.1, 0.15) is 6.04 Å². The Morgan fingerprint density at radius 1 is 0.980 bits per heavy atom. The lowest BCUT2D eigenvalue weighted by molar-refractivity contribution is -0.130. The number of rotatable bonds is 15. The maximum absolute atomic E-state index is 13.5. The smallest absolute Gasteiger partial charge is 0.250 e. The third kappa shape index (κ3) is 11.6. The van der Waals surface area contributed by atoms with Crippen LogP contribution in [-0.2, 0) is 20.9 Å². The van der Waals surface area contributed by atoms with E-state index in [-0.39, 0.29) is 19.3 Å². The first-order valence-corrected chi connectivity index (χ1v) is 16.8. The molecule has 2 unspecified atom stereocenters. The maximum Gasteiger partial charge on any atom is 0.250 e. The van der Waals surface area contributed by atoms with E-state index in [0.717, 1.165) is 48.7 Å². The van der Waals surface area contributed by atoms with E-state index < -0.39 is 23.4 Å². The highest BCUT2D eigenvalue weighted by molar-refractivity contribution is 5.98. The number of amides is 2. The van der Waals surface area contributed by atoms with Crippen molar-refractivity contribution in [1.82, 2.24) is 24.7 Å². The first kappa shape index (κ1) is 38.5. The molecule has 0 aliphatic carbocycles. The molecule has 0 bridgehead atoms. The van der Waals surface area contributed by atoms with Crippen LogP contribution >= 0.6 is 0 Å². The highest BCUT2D eigenvalue weighted by atomic mass is 16.5. The highest BCUT2D eigenvalue weighted by Gasteiger charge is 2.30. The zero-order valence-electron chi connectivity index (χ0n) is 29.6. The number of nitrogens with two attached hydrogens (primary N) is 1. The van der Waals surface area contributed by atoms with Gasteiger partial charge < -0.3 is 35.5 Å². The molecule has 2 atom stereocenters. The van der Waals surface area contributed by atoms with Crippen molar-refractivity contribution in [2.45, 2.75) is 58.8 Å². The Kier molecular flexibility index (Phi) is 15.1. The van der Waals surface area contributed by atoms with Gasteiger partial charge in [-0.05, 0) is 38.0 Å². The van der Waals surface area contributed by atoms with Crippen LogP contribution in [0.25, 0.3) is 0 Å². The number of hydrogen-bond acceptors (Lipinski definition) is 7. The number of aromatic nitrogens is 2. The molecule has 2 heterocycles. The molecule has 2 aromatic carbocycles. The number of nitrogens with one attached hydrogen (secondary N) is 2. The third-order valence-corrected chi connectivity index (χ3v) is 7.87. The van der Waals surface area contributed by atoms with Gasteiger partial charge in [-0.1, -0.05) is 106 Å². The average molecular weight is 668 g/mol. The quantitative estimate of drug-likeness (QED) is 0.179. The fraction of sp³-hybridized carbons (Fsp3) is 0.359. The number of hydrogen-bond donors (Lipinski definition) is 3. The summed E-state index contributed by atoms with van der Waals surface area (Å²) < 4.78 is 7.77. The van der Waals surface area contributed by atoms with Crippen LogP contribution in [-0.4, -0.2) is 75.5 Å². The number of allylic oxidation sites excluding steroid dienone is 5. The van der Waals surface area contributed by atoms with Crippen molar-refractivity contribution in [3.8, 4) is 0 Å². The van der Waals surface area contributed by atoms with Crippen LogP contribution in [0.15, 0.2) is 122 Å². The summed E-state index contributed by atoms with van der Waals surface area (Å²) in [5.74, 6) is -0.590. The predicted molar refractivity (Wildman–Crippen MR) is 198 cm³/mol. The van der Waals surface area contributed by atoms with Gasteiger partial charge in [0.25, 0.3) is 5.91 Å². The minimum Gasteiger partial charge on any atom is -0.374 e. The third-order valence-electron chi connectivity index (χ3n) is 7.87. The molecule has 4 rings (SSSR count). The van der Waals surface area contributed by atoms with Gasteiger partial charge in [0.2, 0.25) is 5.91 Å². The van der Waals surface area contributed by atoms with Gasteiger partial charge in [0.15, 0.2) is 5.82 Å². The van der Waals surface area contributed by atoms with E-state index >= 15 is 0 Å². The molecule has 262 valence electrons. The Balaban J connectivity index is 0.00000319. The highest BCUT2D eigenvalue weighted by Crippen LogP contribution is 2.30. The van der Waals surface area contributed by atoms with E-state index in [9.17, 15) is 9.59 Å². The molecular formula is C39H53N7O3. The van der Waals surface area contributed by atoms with Gasteiger partial charge >= 0.3 is 0 Å². The summed E-state index contributed by atoms with van der Waals surface area (Å²) in [4.78, 5) is 35.3. The van der Waals surface area contributed by atoms with Crippen LogP contribution in [0.2, 0.25) is 0 Å². The van der Waals surface area contributed by atoms with Gasteiger partial charge in [-0.3, -0.25) is 9.59 Å². The van der Waals surface area contributed by atoms with E-state index in [0.29, 0.717) is 5.82 Å². The molecule has 0 saturated carbocycles. The molecule has 1 aromatic heterocycles. The summed E-state index contributed by atoms with van der Waals surface area (Å²) in [6.45, 7) is 21.4. The summed E-state index contributed by atoms with van der Waals surface area (Å²) in [6.07, 6.45) is 11.5. The van der Waals surface area contributed by atoms with E-state index in [1.807, 2.05) is 98.2 Å². The maximum atomic E-state index is 13.5. The van der Waals surface area contributed by atoms with Crippen molar-refractivity contribution < 1.29 is 14.3 Å². The lowest BCUT2D eigenvalue weighted by atomic mass is 10.0. The first-order valence-electron chi connectivity index (χ1n) is 16.8. The Labute approximate surface area is 292 Å². The lowest BCUT2D eigenvalue weighted by Gasteiger charge is -2.40. The van der Waals surface area contributed by atoms with Crippen molar-refractivity contribution in [3.05, 3.63) is 133 Å². The van der Waals surface area contributed by atoms with Crippen LogP contribution in [0, 0.1) is 0 Å². The van der Waals surface area contributed by atoms with E-state index in [2.05, 4.69) is 50.7 Å². The number of carbonyl (C=O) groups excluding carboxylic acids is 2. The van der Waals surface area contributed by atoms with Crippen LogP contribution in [0.3, 0.4) is 0 Å². The largest absolute Gasteiger partial charge is 0.374 e. The Hall–Kier alpha value is -4.93. The summed E-state index contributed by atoms with van der Waals surface area (Å²) in [5, 5.41) is 5.59. The van der Waals surface area contributed by atoms with Crippen molar-refractivity contribution in [2.75, 3.05) is 38.1 Å². The second-order valence-corrected chi connectivity index (χ2v) is 12.1. The van der Waals surface area contributed by atoms with Gasteiger partial charge in [-0.15, -0.1) is 0 Å². The van der Waals surface area contributed by atoms with Crippen molar-refractivity contribution >= 4 is 17.6 Å². The van der Waals surface area contributed by atoms with Crippen LogP contribution in [0.4, 0.5) is 5.82 Å². The molecule has 1 fully saturated rings. The van der Waals surface area contributed by atoms with Gasteiger partial charge in [0, 0.05) is 43.8 Å².